The van der Waals surface area contributed by atoms with Crippen molar-refractivity contribution in [2.45, 2.75) is 101 Å². The summed E-state index contributed by atoms with van der Waals surface area (Å²) in [6.07, 6.45) is 6.30. The molecule has 44 heavy (non-hydrogen) atoms. The van der Waals surface area contributed by atoms with E-state index < -0.39 is 17.4 Å². The number of nitrogens with zero attached hydrogens (tertiary/aromatic N) is 1. The van der Waals surface area contributed by atoms with Gasteiger partial charge in [0.2, 0.25) is 0 Å². The minimum absolute atomic E-state index is 0.0675. The minimum Gasteiger partial charge on any atom is -0.482 e. The fourth-order valence-electron chi connectivity index (χ4n) is 10.2. The Morgan fingerprint density at radius 2 is 1.84 bits per heavy atom. The summed E-state index contributed by atoms with van der Waals surface area (Å²) in [5, 5.41) is 12.4. The predicted octanol–water partition coefficient (Wildman–Crippen LogP) is 4.89. The van der Waals surface area contributed by atoms with Crippen LogP contribution >= 0.6 is 0 Å². The number of hydrogen-bond acceptors (Lipinski definition) is 9. The quantitative estimate of drug-likeness (QED) is 0.213. The van der Waals surface area contributed by atoms with E-state index in [1.807, 2.05) is 13.0 Å². The van der Waals surface area contributed by atoms with Crippen LogP contribution in [0.5, 0.6) is 11.5 Å². The fourth-order valence-corrected chi connectivity index (χ4v) is 10.2. The van der Waals surface area contributed by atoms with Gasteiger partial charge in [0.05, 0.1) is 25.4 Å². The highest BCUT2D eigenvalue weighted by atomic mass is 16.7. The average Bonchev–Trinajstić information content (AvgIpc) is 3.73. The molecule has 1 N–H and O–H groups in total. The first-order valence-corrected chi connectivity index (χ1v) is 16.7. The standard InChI is InChI=1S/C35H51NO8/c1-31(2,3)32(4,38)25-20-33-11-12-35(25,40-6)29-34(33)13-14-36(21-22-7-8-22)26(33)19-23-9-10-24(28(44-29)27(23)34)43-30(37)42-18-17-41-16-15-39-5/h9-10,22,25-26,29,38H,7-8,11-21H2,1-6H3/t25-,26-,29-,32+,33-,34+,35?/m1/s1. The van der Waals surface area contributed by atoms with Gasteiger partial charge in [-0.05, 0) is 81.4 Å². The lowest BCUT2D eigenvalue weighted by Crippen LogP contribution is -2.83. The summed E-state index contributed by atoms with van der Waals surface area (Å²) in [6, 6.07) is 4.40. The zero-order valence-electron chi connectivity index (χ0n) is 27.4. The van der Waals surface area contributed by atoms with Crippen LogP contribution in [-0.4, -0.2) is 93.2 Å². The van der Waals surface area contributed by atoms with Gasteiger partial charge in [-0.25, -0.2) is 4.79 Å². The number of carbonyl (C=O) groups excluding carboxylic acids is 1. The van der Waals surface area contributed by atoms with E-state index in [2.05, 4.69) is 31.7 Å². The molecule has 1 saturated heterocycles. The van der Waals surface area contributed by atoms with Gasteiger partial charge in [0.15, 0.2) is 11.5 Å². The van der Waals surface area contributed by atoms with Crippen molar-refractivity contribution in [1.82, 2.24) is 4.90 Å². The average molecular weight is 614 g/mol. The van der Waals surface area contributed by atoms with Gasteiger partial charge in [0.1, 0.15) is 18.3 Å². The maximum Gasteiger partial charge on any atom is 0.514 e. The highest BCUT2D eigenvalue weighted by molar-refractivity contribution is 5.70. The SMILES string of the molecule is COCCOCCOC(=O)Oc1ccc2c3c1O[C@H]1C4(OC)CC[C@@]5(C[C@@H]4[C@](C)(O)C(C)(C)C)[C@@H](C2)N(CC2CC2)CC[C@]315. The minimum atomic E-state index is -0.986. The molecule has 8 rings (SSSR count). The topological polar surface area (TPSA) is 95.9 Å². The zero-order valence-corrected chi connectivity index (χ0v) is 27.4. The highest BCUT2D eigenvalue weighted by Gasteiger charge is 2.82. The molecule has 0 aromatic heterocycles. The lowest BCUT2D eigenvalue weighted by Gasteiger charge is -2.75. The van der Waals surface area contributed by atoms with Crippen molar-refractivity contribution >= 4 is 6.16 Å². The van der Waals surface area contributed by atoms with Crippen molar-refractivity contribution in [2.75, 3.05) is 53.7 Å². The van der Waals surface area contributed by atoms with Gasteiger partial charge >= 0.3 is 6.16 Å². The summed E-state index contributed by atoms with van der Waals surface area (Å²) < 4.78 is 35.4. The fraction of sp³-hybridized carbons (Fsp3) is 0.800. The number of hydrogen-bond donors (Lipinski definition) is 1. The molecular weight excluding hydrogens is 562 g/mol. The first-order valence-electron chi connectivity index (χ1n) is 16.7. The van der Waals surface area contributed by atoms with E-state index in [9.17, 15) is 9.90 Å². The Labute approximate surface area is 261 Å². The van der Waals surface area contributed by atoms with Gasteiger partial charge in [0.25, 0.3) is 0 Å². The third kappa shape index (κ3) is 4.18. The number of carbonyl (C=O) groups is 1. The number of rotatable bonds is 11. The smallest absolute Gasteiger partial charge is 0.482 e. The summed E-state index contributed by atoms with van der Waals surface area (Å²) in [4.78, 5) is 15.6. The van der Waals surface area contributed by atoms with Crippen LogP contribution in [0.15, 0.2) is 12.1 Å². The van der Waals surface area contributed by atoms with Crippen molar-refractivity contribution in [3.63, 3.8) is 0 Å². The monoisotopic (exact) mass is 613 g/mol. The molecule has 5 aliphatic carbocycles. The van der Waals surface area contributed by atoms with Crippen LogP contribution in [0.2, 0.25) is 0 Å². The molecule has 1 aromatic carbocycles. The molecule has 4 saturated carbocycles. The molecule has 7 aliphatic rings. The predicted molar refractivity (Wildman–Crippen MR) is 163 cm³/mol. The second-order valence-corrected chi connectivity index (χ2v) is 15.6. The van der Waals surface area contributed by atoms with Crippen LogP contribution in [0.25, 0.3) is 0 Å². The summed E-state index contributed by atoms with van der Waals surface area (Å²) in [6.45, 7) is 11.9. The van der Waals surface area contributed by atoms with E-state index in [0.717, 1.165) is 51.1 Å². The Morgan fingerprint density at radius 1 is 1.07 bits per heavy atom. The number of piperidine rings is 1. The summed E-state index contributed by atoms with van der Waals surface area (Å²) in [5.74, 6) is 1.76. The molecule has 0 amide bonds. The highest BCUT2D eigenvalue weighted by Crippen LogP contribution is 2.78. The zero-order chi connectivity index (χ0) is 31.1. The Morgan fingerprint density at radius 3 is 2.55 bits per heavy atom. The molecular formula is C35H51NO8. The van der Waals surface area contributed by atoms with Crippen LogP contribution in [0.3, 0.4) is 0 Å². The Kier molecular flexibility index (Phi) is 7.37. The van der Waals surface area contributed by atoms with Crippen LogP contribution in [0, 0.1) is 22.7 Å². The number of likely N-dealkylation sites (tertiary alicyclic amines) is 1. The number of aliphatic hydroxyl groups is 1. The molecule has 0 radical (unpaired) electrons. The van der Waals surface area contributed by atoms with E-state index >= 15 is 0 Å². The Hall–Kier alpha value is -1.91. The first-order chi connectivity index (χ1) is 20.9. The third-order valence-electron chi connectivity index (χ3n) is 12.9. The molecule has 5 fully saturated rings. The molecule has 4 bridgehead atoms. The van der Waals surface area contributed by atoms with Crippen LogP contribution in [-0.2, 0) is 30.8 Å². The van der Waals surface area contributed by atoms with Gasteiger partial charge in [-0.15, -0.1) is 0 Å². The summed E-state index contributed by atoms with van der Waals surface area (Å²) in [7, 11) is 3.42. The number of fused-ring (bicyclic) bond motifs is 2. The summed E-state index contributed by atoms with van der Waals surface area (Å²) in [5.41, 5.74) is 0.161. The van der Waals surface area contributed by atoms with Gasteiger partial charge in [-0.3, -0.25) is 4.90 Å². The number of benzene rings is 1. The maximum atomic E-state index is 12.9. The van der Waals surface area contributed by atoms with Crippen LogP contribution in [0.1, 0.15) is 77.3 Å². The van der Waals surface area contributed by atoms with E-state index in [4.69, 9.17) is 28.4 Å². The number of ether oxygens (including phenoxy) is 6. The Bertz CT molecular complexity index is 1290. The molecule has 2 aliphatic heterocycles. The molecule has 244 valence electrons. The summed E-state index contributed by atoms with van der Waals surface area (Å²) >= 11 is 0. The molecule has 9 heteroatoms. The lowest BCUT2D eigenvalue weighted by molar-refractivity contribution is -0.312. The van der Waals surface area contributed by atoms with Gasteiger partial charge in [-0.1, -0.05) is 26.8 Å². The van der Waals surface area contributed by atoms with Gasteiger partial charge in [0, 0.05) is 49.1 Å². The Balaban J connectivity index is 1.28. The van der Waals surface area contributed by atoms with E-state index in [-0.39, 0.29) is 41.5 Å². The van der Waals surface area contributed by atoms with E-state index in [1.165, 1.54) is 24.0 Å². The second-order valence-electron chi connectivity index (χ2n) is 15.6. The van der Waals surface area contributed by atoms with Gasteiger partial charge < -0.3 is 33.5 Å². The molecule has 9 nitrogen and oxygen atoms in total. The molecule has 1 unspecified atom stereocenters. The van der Waals surface area contributed by atoms with Crippen LogP contribution < -0.4 is 9.47 Å². The van der Waals surface area contributed by atoms with Crippen molar-refractivity contribution in [3.8, 4) is 11.5 Å². The number of methoxy groups -OCH3 is 2. The van der Waals surface area contributed by atoms with E-state index in [0.29, 0.717) is 30.8 Å². The first kappa shape index (κ1) is 30.7. The molecule has 7 atom stereocenters. The van der Waals surface area contributed by atoms with E-state index in [1.54, 1.807) is 14.2 Å². The van der Waals surface area contributed by atoms with Crippen molar-refractivity contribution in [2.24, 2.45) is 22.7 Å². The lowest BCUT2D eigenvalue weighted by atomic mass is 9.33. The molecule has 2 spiro atoms. The van der Waals surface area contributed by atoms with Crippen molar-refractivity contribution in [1.29, 1.82) is 0 Å². The normalized spacial score (nSPS) is 36.4. The second kappa shape index (κ2) is 10.6. The largest absolute Gasteiger partial charge is 0.514 e. The van der Waals surface area contributed by atoms with Crippen LogP contribution in [0.4, 0.5) is 4.79 Å². The van der Waals surface area contributed by atoms with Crippen molar-refractivity contribution in [3.05, 3.63) is 23.3 Å². The van der Waals surface area contributed by atoms with Gasteiger partial charge in [-0.2, -0.15) is 0 Å². The molecule has 2 heterocycles. The van der Waals surface area contributed by atoms with Crippen molar-refractivity contribution < 1.29 is 38.3 Å². The molecule has 1 aromatic rings. The maximum absolute atomic E-state index is 12.9. The third-order valence-corrected chi connectivity index (χ3v) is 12.9.